The zero-order valence-corrected chi connectivity index (χ0v) is 10.0. The average Bonchev–Trinajstić information content (AvgIpc) is 2.64. The second-order valence-electron chi connectivity index (χ2n) is 4.19. The standard InChI is InChI=1S/C13H13N3O2/c1-9-3-5-10(6-4-9)11-12(17)16(8-2-7-14)13(18)15-11/h3-6,11H,2,8H2,1H3,(H,15,18). The molecular weight excluding hydrogens is 230 g/mol. The monoisotopic (exact) mass is 243 g/mol. The number of amides is 3. The predicted molar refractivity (Wildman–Crippen MR) is 64.4 cm³/mol. The molecular formula is C13H13N3O2. The van der Waals surface area contributed by atoms with E-state index in [1.807, 2.05) is 37.3 Å². The summed E-state index contributed by atoms with van der Waals surface area (Å²) in [5.41, 5.74) is 1.86. The molecule has 1 fully saturated rings. The first-order chi connectivity index (χ1) is 8.63. The van der Waals surface area contributed by atoms with Crippen molar-refractivity contribution in [1.29, 1.82) is 5.26 Å². The second-order valence-corrected chi connectivity index (χ2v) is 4.19. The highest BCUT2D eigenvalue weighted by Crippen LogP contribution is 2.22. The van der Waals surface area contributed by atoms with E-state index in [9.17, 15) is 9.59 Å². The van der Waals surface area contributed by atoms with Crippen LogP contribution in [-0.4, -0.2) is 23.4 Å². The van der Waals surface area contributed by atoms with Crippen LogP contribution in [0.4, 0.5) is 4.79 Å². The summed E-state index contributed by atoms with van der Waals surface area (Å²) in [5, 5.41) is 11.1. The van der Waals surface area contributed by atoms with Crippen molar-refractivity contribution in [2.45, 2.75) is 19.4 Å². The van der Waals surface area contributed by atoms with Crippen molar-refractivity contribution in [2.75, 3.05) is 6.54 Å². The van der Waals surface area contributed by atoms with E-state index in [0.717, 1.165) is 16.0 Å². The van der Waals surface area contributed by atoms with Crippen molar-refractivity contribution in [3.8, 4) is 6.07 Å². The molecule has 1 aliphatic heterocycles. The van der Waals surface area contributed by atoms with Crippen LogP contribution in [0.5, 0.6) is 0 Å². The van der Waals surface area contributed by atoms with Crippen molar-refractivity contribution in [1.82, 2.24) is 10.2 Å². The zero-order valence-electron chi connectivity index (χ0n) is 10.0. The Kier molecular flexibility index (Phi) is 3.28. The maximum Gasteiger partial charge on any atom is 0.325 e. The van der Waals surface area contributed by atoms with Crippen LogP contribution in [0.2, 0.25) is 0 Å². The normalized spacial score (nSPS) is 18.7. The fraction of sp³-hybridized carbons (Fsp3) is 0.308. The van der Waals surface area contributed by atoms with Gasteiger partial charge < -0.3 is 5.32 Å². The number of rotatable bonds is 3. The first-order valence-electron chi connectivity index (χ1n) is 5.69. The third kappa shape index (κ3) is 2.18. The summed E-state index contributed by atoms with van der Waals surface area (Å²) >= 11 is 0. The number of hydrogen-bond acceptors (Lipinski definition) is 3. The molecule has 0 saturated carbocycles. The highest BCUT2D eigenvalue weighted by molar-refractivity contribution is 6.04. The summed E-state index contributed by atoms with van der Waals surface area (Å²) in [6, 6.07) is 8.31. The Labute approximate surface area is 105 Å². The van der Waals surface area contributed by atoms with Crippen molar-refractivity contribution >= 4 is 11.9 Å². The minimum Gasteiger partial charge on any atom is -0.322 e. The van der Waals surface area contributed by atoms with Crippen LogP contribution in [0, 0.1) is 18.3 Å². The highest BCUT2D eigenvalue weighted by Gasteiger charge is 2.38. The molecule has 0 radical (unpaired) electrons. The van der Waals surface area contributed by atoms with Crippen LogP contribution in [0.15, 0.2) is 24.3 Å². The summed E-state index contributed by atoms with van der Waals surface area (Å²) < 4.78 is 0. The molecule has 3 amide bonds. The molecule has 0 bridgehead atoms. The molecule has 1 saturated heterocycles. The molecule has 5 nitrogen and oxygen atoms in total. The van der Waals surface area contributed by atoms with Gasteiger partial charge in [0, 0.05) is 6.54 Å². The van der Waals surface area contributed by atoms with Crippen LogP contribution < -0.4 is 5.32 Å². The minimum absolute atomic E-state index is 0.142. The Morgan fingerprint density at radius 2 is 2.00 bits per heavy atom. The maximum absolute atomic E-state index is 12.0. The van der Waals surface area contributed by atoms with Gasteiger partial charge in [0.2, 0.25) is 0 Å². The van der Waals surface area contributed by atoms with Gasteiger partial charge in [0.15, 0.2) is 0 Å². The summed E-state index contributed by atoms with van der Waals surface area (Å²) in [6.07, 6.45) is 0.153. The van der Waals surface area contributed by atoms with Gasteiger partial charge in [-0.3, -0.25) is 9.69 Å². The lowest BCUT2D eigenvalue weighted by Gasteiger charge is -2.10. The van der Waals surface area contributed by atoms with Gasteiger partial charge in [-0.05, 0) is 12.5 Å². The third-order valence-corrected chi connectivity index (χ3v) is 2.88. The largest absolute Gasteiger partial charge is 0.325 e. The smallest absolute Gasteiger partial charge is 0.322 e. The van der Waals surface area contributed by atoms with Crippen LogP contribution >= 0.6 is 0 Å². The summed E-state index contributed by atoms with van der Waals surface area (Å²) in [6.45, 7) is 2.10. The van der Waals surface area contributed by atoms with Crippen LogP contribution in [0.25, 0.3) is 0 Å². The number of carbonyl (C=O) groups excluding carboxylic acids is 2. The molecule has 1 aliphatic rings. The number of nitrogens with zero attached hydrogens (tertiary/aromatic N) is 2. The van der Waals surface area contributed by atoms with E-state index in [1.165, 1.54) is 0 Å². The number of nitriles is 1. The molecule has 1 atom stereocenters. The lowest BCUT2D eigenvalue weighted by Crippen LogP contribution is -2.31. The van der Waals surface area contributed by atoms with E-state index in [1.54, 1.807) is 0 Å². The SMILES string of the molecule is Cc1ccc(C2NC(=O)N(CCC#N)C2=O)cc1. The van der Waals surface area contributed by atoms with Crippen LogP contribution in [-0.2, 0) is 4.79 Å². The molecule has 1 aromatic carbocycles. The van der Waals surface area contributed by atoms with Crippen LogP contribution in [0.3, 0.4) is 0 Å². The fourth-order valence-corrected chi connectivity index (χ4v) is 1.88. The molecule has 1 heterocycles. The molecule has 2 rings (SSSR count). The molecule has 1 N–H and O–H groups in total. The lowest BCUT2D eigenvalue weighted by atomic mass is 10.1. The molecule has 92 valence electrons. The van der Waals surface area contributed by atoms with Gasteiger partial charge in [-0.15, -0.1) is 0 Å². The van der Waals surface area contributed by atoms with E-state index in [4.69, 9.17) is 5.26 Å². The van der Waals surface area contributed by atoms with Crippen molar-refractivity contribution in [3.63, 3.8) is 0 Å². The van der Waals surface area contributed by atoms with Gasteiger partial charge in [0.05, 0.1) is 12.5 Å². The fourth-order valence-electron chi connectivity index (χ4n) is 1.88. The van der Waals surface area contributed by atoms with Gasteiger partial charge in [-0.2, -0.15) is 5.26 Å². The van der Waals surface area contributed by atoms with E-state index in [-0.39, 0.29) is 18.9 Å². The Bertz CT molecular complexity index is 516. The Morgan fingerprint density at radius 1 is 1.33 bits per heavy atom. The first-order valence-corrected chi connectivity index (χ1v) is 5.69. The Morgan fingerprint density at radius 3 is 2.61 bits per heavy atom. The quantitative estimate of drug-likeness (QED) is 0.817. The molecule has 18 heavy (non-hydrogen) atoms. The van der Waals surface area contributed by atoms with Gasteiger partial charge in [-0.25, -0.2) is 4.79 Å². The molecule has 0 aromatic heterocycles. The zero-order chi connectivity index (χ0) is 13.1. The second kappa shape index (κ2) is 4.88. The lowest BCUT2D eigenvalue weighted by molar-refractivity contribution is -0.127. The summed E-state index contributed by atoms with van der Waals surface area (Å²) in [5.74, 6) is -0.292. The van der Waals surface area contributed by atoms with E-state index in [0.29, 0.717) is 0 Å². The van der Waals surface area contributed by atoms with Crippen molar-refractivity contribution in [2.24, 2.45) is 0 Å². The number of urea groups is 1. The number of hydrogen-bond donors (Lipinski definition) is 1. The van der Waals surface area contributed by atoms with Gasteiger partial charge in [-0.1, -0.05) is 29.8 Å². The number of nitrogens with one attached hydrogen (secondary N) is 1. The van der Waals surface area contributed by atoms with E-state index >= 15 is 0 Å². The summed E-state index contributed by atoms with van der Waals surface area (Å²) in [7, 11) is 0. The number of aryl methyl sites for hydroxylation is 1. The van der Waals surface area contributed by atoms with Gasteiger partial charge in [0.1, 0.15) is 6.04 Å². The number of carbonyl (C=O) groups is 2. The molecule has 0 aliphatic carbocycles. The maximum atomic E-state index is 12.0. The van der Waals surface area contributed by atoms with Crippen molar-refractivity contribution < 1.29 is 9.59 Å². The molecule has 5 heteroatoms. The minimum atomic E-state index is -0.628. The van der Waals surface area contributed by atoms with Crippen molar-refractivity contribution in [3.05, 3.63) is 35.4 Å². The van der Waals surface area contributed by atoms with Gasteiger partial charge in [0.25, 0.3) is 5.91 Å². The predicted octanol–water partition coefficient (Wildman–Crippen LogP) is 1.50. The van der Waals surface area contributed by atoms with E-state index < -0.39 is 12.1 Å². The number of imide groups is 1. The Hall–Kier alpha value is -2.35. The van der Waals surface area contributed by atoms with E-state index in [2.05, 4.69) is 5.32 Å². The number of benzene rings is 1. The molecule has 1 aromatic rings. The Balaban J connectivity index is 2.17. The third-order valence-electron chi connectivity index (χ3n) is 2.88. The van der Waals surface area contributed by atoms with Crippen LogP contribution in [0.1, 0.15) is 23.6 Å². The molecule has 1 unspecified atom stereocenters. The topological polar surface area (TPSA) is 73.2 Å². The van der Waals surface area contributed by atoms with Gasteiger partial charge >= 0.3 is 6.03 Å². The molecule has 0 spiro atoms. The highest BCUT2D eigenvalue weighted by atomic mass is 16.2. The first kappa shape index (κ1) is 12.1. The average molecular weight is 243 g/mol. The summed E-state index contributed by atoms with van der Waals surface area (Å²) in [4.78, 5) is 24.8.